The molecule has 0 heterocycles. The van der Waals surface area contributed by atoms with Crippen LogP contribution in [0.1, 0.15) is 54.0 Å². The minimum atomic E-state index is 0.771. The summed E-state index contributed by atoms with van der Waals surface area (Å²) in [5.41, 5.74) is 13.1. The normalized spacial score (nSPS) is 11.1. The van der Waals surface area contributed by atoms with E-state index >= 15 is 0 Å². The third-order valence-corrected chi connectivity index (χ3v) is 4.06. The van der Waals surface area contributed by atoms with Gasteiger partial charge in [-0.3, -0.25) is 0 Å². The molecule has 0 spiro atoms. The highest BCUT2D eigenvalue weighted by molar-refractivity contribution is 5.75. The Hall–Kier alpha value is -3.20. The van der Waals surface area contributed by atoms with Gasteiger partial charge in [-0.25, -0.2) is 0 Å². The van der Waals surface area contributed by atoms with Crippen LogP contribution in [-0.2, 0) is 0 Å². The first kappa shape index (κ1) is 27.8. The number of benzene rings is 2. The van der Waals surface area contributed by atoms with E-state index in [0.717, 1.165) is 40.4 Å². The molecule has 3 heteroatoms. The molecule has 2 rings (SSSR count). The molecule has 168 valence electrons. The molecule has 0 atom stereocenters. The molecule has 0 aliphatic carbocycles. The van der Waals surface area contributed by atoms with Gasteiger partial charge in [0, 0.05) is 17.9 Å². The van der Waals surface area contributed by atoms with Crippen molar-refractivity contribution < 1.29 is 0 Å². The number of nitrogen functional groups attached to an aromatic ring is 1. The van der Waals surface area contributed by atoms with Gasteiger partial charge in [0.1, 0.15) is 0 Å². The van der Waals surface area contributed by atoms with Gasteiger partial charge in [-0.15, -0.1) is 0 Å². The van der Waals surface area contributed by atoms with E-state index in [4.69, 9.17) is 5.73 Å². The monoisotopic (exact) mass is 419 g/mol. The summed E-state index contributed by atoms with van der Waals surface area (Å²) in [6.45, 7) is 19.1. The molecule has 0 unspecified atom stereocenters. The van der Waals surface area contributed by atoms with Crippen molar-refractivity contribution in [2.75, 3.05) is 22.9 Å². The van der Waals surface area contributed by atoms with Crippen LogP contribution in [0.4, 0.5) is 17.1 Å². The quantitative estimate of drug-likeness (QED) is 0.298. The molecule has 0 aliphatic rings. The Balaban J connectivity index is 0.00000212. The zero-order valence-corrected chi connectivity index (χ0v) is 20.4. The first-order valence-corrected chi connectivity index (χ1v) is 11.2. The molecule has 0 radical (unpaired) electrons. The molecule has 31 heavy (non-hydrogen) atoms. The second-order valence-electron chi connectivity index (χ2n) is 6.45. The molecular weight excluding hydrogens is 378 g/mol. The van der Waals surface area contributed by atoms with Crippen LogP contribution in [0.25, 0.3) is 5.57 Å². The number of nitrogens with two attached hydrogens (primary N) is 1. The minimum Gasteiger partial charge on any atom is -0.397 e. The molecule has 0 aromatic heterocycles. The highest BCUT2D eigenvalue weighted by Crippen LogP contribution is 2.24. The zero-order chi connectivity index (χ0) is 23.6. The van der Waals surface area contributed by atoms with Crippen LogP contribution in [0.5, 0.6) is 0 Å². The lowest BCUT2D eigenvalue weighted by Crippen LogP contribution is -2.01. The first-order chi connectivity index (χ1) is 15.0. The van der Waals surface area contributed by atoms with E-state index in [1.807, 2.05) is 76.2 Å². The highest BCUT2D eigenvalue weighted by atomic mass is 14.9. The predicted octanol–water partition coefficient (Wildman–Crippen LogP) is 8.28. The summed E-state index contributed by atoms with van der Waals surface area (Å²) in [6, 6.07) is 16.1. The Morgan fingerprint density at radius 2 is 1.65 bits per heavy atom. The predicted molar refractivity (Wildman–Crippen MR) is 143 cm³/mol. The number of nitrogens with one attached hydrogen (secondary N) is 2. The van der Waals surface area contributed by atoms with E-state index in [1.54, 1.807) is 0 Å². The summed E-state index contributed by atoms with van der Waals surface area (Å²) in [7, 11) is 0. The molecule has 4 N–H and O–H groups in total. The summed E-state index contributed by atoms with van der Waals surface area (Å²) >= 11 is 0. The van der Waals surface area contributed by atoms with Crippen LogP contribution < -0.4 is 16.4 Å². The van der Waals surface area contributed by atoms with E-state index in [1.165, 1.54) is 5.57 Å². The maximum absolute atomic E-state index is 6.00. The fourth-order valence-corrected chi connectivity index (χ4v) is 2.65. The standard InChI is InChI=1S/C24H29N3.2C2H6/c1-5-26-24-17-21(14-15-23(24)25)19(3)11-9-10-18(2)16-20(4)27-22-12-7-6-8-13-22;2*1-2/h6-17,26-27H,4-5,25H2,1-3H3;2*1-2H3/b10-9-,18-16+,19-11+;;. The summed E-state index contributed by atoms with van der Waals surface area (Å²) in [6.07, 6.45) is 8.26. The van der Waals surface area contributed by atoms with Gasteiger partial charge in [0.25, 0.3) is 0 Å². The van der Waals surface area contributed by atoms with Gasteiger partial charge in [-0.2, -0.15) is 0 Å². The van der Waals surface area contributed by atoms with Crippen molar-refractivity contribution in [2.24, 2.45) is 0 Å². The number of para-hydroxylation sites is 1. The lowest BCUT2D eigenvalue weighted by Gasteiger charge is -2.10. The van der Waals surface area contributed by atoms with E-state index in [9.17, 15) is 0 Å². The second-order valence-corrected chi connectivity index (χ2v) is 6.45. The molecule has 2 aromatic carbocycles. The third-order valence-electron chi connectivity index (χ3n) is 4.06. The molecule has 0 amide bonds. The SMILES string of the molecule is C=C(/C=C(C)/C=C\C=C(/C)c1ccc(N)c(NCC)c1)Nc1ccccc1.CC.CC. The highest BCUT2D eigenvalue weighted by Gasteiger charge is 2.01. The van der Waals surface area contributed by atoms with Crippen LogP contribution in [0, 0.1) is 0 Å². The summed E-state index contributed by atoms with van der Waals surface area (Å²) in [5, 5.41) is 6.57. The summed E-state index contributed by atoms with van der Waals surface area (Å²) in [4.78, 5) is 0. The van der Waals surface area contributed by atoms with Crippen LogP contribution in [0.2, 0.25) is 0 Å². The Morgan fingerprint density at radius 1 is 1.00 bits per heavy atom. The molecule has 0 fully saturated rings. The lowest BCUT2D eigenvalue weighted by atomic mass is 10.0. The molecule has 0 aliphatic heterocycles. The van der Waals surface area contributed by atoms with Gasteiger partial charge in [0.15, 0.2) is 0 Å². The van der Waals surface area contributed by atoms with Crippen molar-refractivity contribution in [1.82, 2.24) is 0 Å². The second kappa shape index (κ2) is 16.6. The van der Waals surface area contributed by atoms with Crippen LogP contribution in [0.15, 0.2) is 90.7 Å². The smallest absolute Gasteiger partial charge is 0.0579 e. The van der Waals surface area contributed by atoms with Crippen molar-refractivity contribution in [1.29, 1.82) is 0 Å². The minimum absolute atomic E-state index is 0.771. The Bertz CT molecular complexity index is 859. The van der Waals surface area contributed by atoms with Crippen molar-refractivity contribution >= 4 is 22.6 Å². The van der Waals surface area contributed by atoms with E-state index in [-0.39, 0.29) is 0 Å². The average Bonchev–Trinajstić information content (AvgIpc) is 2.78. The van der Waals surface area contributed by atoms with Crippen molar-refractivity contribution in [3.63, 3.8) is 0 Å². The summed E-state index contributed by atoms with van der Waals surface area (Å²) < 4.78 is 0. The molecule has 2 aromatic rings. The van der Waals surface area contributed by atoms with Crippen molar-refractivity contribution in [2.45, 2.75) is 48.5 Å². The Morgan fingerprint density at radius 3 is 2.26 bits per heavy atom. The van der Waals surface area contributed by atoms with Gasteiger partial charge in [0.05, 0.1) is 11.4 Å². The maximum Gasteiger partial charge on any atom is 0.0579 e. The Labute approximate surface area is 190 Å². The fraction of sp³-hybridized carbons (Fsp3) is 0.286. The van der Waals surface area contributed by atoms with Crippen molar-refractivity contribution in [3.8, 4) is 0 Å². The van der Waals surface area contributed by atoms with Crippen LogP contribution in [-0.4, -0.2) is 6.54 Å². The van der Waals surface area contributed by atoms with E-state index in [2.05, 4.69) is 62.3 Å². The first-order valence-electron chi connectivity index (χ1n) is 11.2. The molecule has 3 nitrogen and oxygen atoms in total. The van der Waals surface area contributed by atoms with Gasteiger partial charge < -0.3 is 16.4 Å². The van der Waals surface area contributed by atoms with Crippen LogP contribution in [0.3, 0.4) is 0 Å². The van der Waals surface area contributed by atoms with Gasteiger partial charge in [-0.05, 0) is 67.8 Å². The van der Waals surface area contributed by atoms with E-state index in [0.29, 0.717) is 0 Å². The number of rotatable bonds is 8. The third kappa shape index (κ3) is 10.9. The summed E-state index contributed by atoms with van der Waals surface area (Å²) in [5.74, 6) is 0. The Kier molecular flexibility index (Phi) is 14.9. The van der Waals surface area contributed by atoms with Crippen LogP contribution >= 0.6 is 0 Å². The number of hydrogen-bond donors (Lipinski definition) is 3. The van der Waals surface area contributed by atoms with Gasteiger partial charge >= 0.3 is 0 Å². The average molecular weight is 420 g/mol. The fourth-order valence-electron chi connectivity index (χ4n) is 2.65. The topological polar surface area (TPSA) is 50.1 Å². The molecule has 0 saturated carbocycles. The van der Waals surface area contributed by atoms with E-state index < -0.39 is 0 Å². The van der Waals surface area contributed by atoms with Gasteiger partial charge in [0.2, 0.25) is 0 Å². The maximum atomic E-state index is 6.00. The number of hydrogen-bond acceptors (Lipinski definition) is 3. The largest absolute Gasteiger partial charge is 0.397 e. The molecular formula is C28H41N3. The zero-order valence-electron chi connectivity index (χ0n) is 20.4. The number of anilines is 3. The molecule has 0 bridgehead atoms. The van der Waals surface area contributed by atoms with Gasteiger partial charge in [-0.1, -0.05) is 76.8 Å². The number of allylic oxidation sites excluding steroid dienone is 6. The molecule has 0 saturated heterocycles. The van der Waals surface area contributed by atoms with Crippen molar-refractivity contribution in [3.05, 3.63) is 96.2 Å². The lowest BCUT2D eigenvalue weighted by molar-refractivity contribution is 1.21.